The maximum absolute atomic E-state index is 9.17. The molecule has 0 saturated carbocycles. The first-order chi connectivity index (χ1) is 8.36. The fraction of sp³-hybridized carbons (Fsp3) is 0.692. The van der Waals surface area contributed by atoms with Gasteiger partial charge in [-0.15, -0.1) is 0 Å². The minimum absolute atomic E-state index is 0.280. The second-order valence-electron chi connectivity index (χ2n) is 4.71. The van der Waals surface area contributed by atoms with Gasteiger partial charge in [-0.05, 0) is 48.2 Å². The molecule has 1 aromatic rings. The van der Waals surface area contributed by atoms with Gasteiger partial charge in [-0.3, -0.25) is 4.90 Å². The van der Waals surface area contributed by atoms with Gasteiger partial charge < -0.3 is 10.8 Å². The summed E-state index contributed by atoms with van der Waals surface area (Å²) in [5.74, 6) is 0. The van der Waals surface area contributed by atoms with E-state index in [-0.39, 0.29) is 6.61 Å². The zero-order valence-corrected chi connectivity index (χ0v) is 11.0. The lowest BCUT2D eigenvalue weighted by Gasteiger charge is -2.40. The Labute approximate surface area is 107 Å². The van der Waals surface area contributed by atoms with Gasteiger partial charge in [0.2, 0.25) is 0 Å². The Balaban J connectivity index is 2.10. The van der Waals surface area contributed by atoms with Crippen molar-refractivity contribution in [3.8, 4) is 0 Å². The predicted molar refractivity (Wildman–Crippen MR) is 72.2 cm³/mol. The Hall–Kier alpha value is -0.420. The minimum Gasteiger partial charge on any atom is -0.396 e. The molecule has 2 heterocycles. The Morgan fingerprint density at radius 3 is 3.06 bits per heavy atom. The summed E-state index contributed by atoms with van der Waals surface area (Å²) in [7, 11) is 0. The summed E-state index contributed by atoms with van der Waals surface area (Å²) in [5.41, 5.74) is 7.29. The number of aliphatic hydroxyl groups is 1. The quantitative estimate of drug-likeness (QED) is 0.845. The summed E-state index contributed by atoms with van der Waals surface area (Å²) in [4.78, 5) is 2.50. The number of hydrogen-bond acceptors (Lipinski definition) is 4. The van der Waals surface area contributed by atoms with Crippen LogP contribution in [0, 0.1) is 0 Å². The standard InChI is InChI=1S/C13H22N2OS/c14-9-13(11-5-8-17-10-11)15-6-2-1-3-12(15)4-7-16/h5,8,10,12-13,16H,1-4,6-7,9,14H2. The number of thiophene rings is 1. The van der Waals surface area contributed by atoms with Crippen LogP contribution in [0.5, 0.6) is 0 Å². The number of rotatable bonds is 5. The highest BCUT2D eigenvalue weighted by Crippen LogP contribution is 2.30. The highest BCUT2D eigenvalue weighted by Gasteiger charge is 2.28. The molecular weight excluding hydrogens is 232 g/mol. The maximum Gasteiger partial charge on any atom is 0.0481 e. The average Bonchev–Trinajstić information content (AvgIpc) is 2.86. The molecule has 0 radical (unpaired) electrons. The molecule has 3 nitrogen and oxygen atoms in total. The van der Waals surface area contributed by atoms with Gasteiger partial charge >= 0.3 is 0 Å². The topological polar surface area (TPSA) is 49.5 Å². The highest BCUT2D eigenvalue weighted by atomic mass is 32.1. The van der Waals surface area contributed by atoms with E-state index in [1.165, 1.54) is 24.8 Å². The molecule has 0 spiro atoms. The van der Waals surface area contributed by atoms with E-state index in [9.17, 15) is 0 Å². The van der Waals surface area contributed by atoms with E-state index in [0.717, 1.165) is 13.0 Å². The summed E-state index contributed by atoms with van der Waals surface area (Å²) in [6.45, 7) is 2.06. The Morgan fingerprint density at radius 2 is 2.41 bits per heavy atom. The van der Waals surface area contributed by atoms with E-state index in [4.69, 9.17) is 10.8 Å². The van der Waals surface area contributed by atoms with Crippen LogP contribution >= 0.6 is 11.3 Å². The van der Waals surface area contributed by atoms with Gasteiger partial charge in [-0.2, -0.15) is 11.3 Å². The number of hydrogen-bond donors (Lipinski definition) is 2. The summed E-state index contributed by atoms with van der Waals surface area (Å²) in [6, 6.07) is 3.01. The fourth-order valence-electron chi connectivity index (χ4n) is 2.82. The second-order valence-corrected chi connectivity index (χ2v) is 5.49. The zero-order valence-electron chi connectivity index (χ0n) is 10.2. The molecule has 1 fully saturated rings. The first kappa shape index (κ1) is 13.0. The van der Waals surface area contributed by atoms with Gasteiger partial charge in [-0.25, -0.2) is 0 Å². The van der Waals surface area contributed by atoms with E-state index in [1.54, 1.807) is 11.3 Å². The van der Waals surface area contributed by atoms with Crippen molar-refractivity contribution in [3.05, 3.63) is 22.4 Å². The molecule has 0 aromatic carbocycles. The molecule has 0 amide bonds. The van der Waals surface area contributed by atoms with Crippen LogP contribution in [-0.2, 0) is 0 Å². The van der Waals surface area contributed by atoms with Crippen molar-refractivity contribution in [2.24, 2.45) is 5.73 Å². The van der Waals surface area contributed by atoms with E-state index in [1.807, 2.05) is 0 Å². The van der Waals surface area contributed by atoms with Crippen LogP contribution < -0.4 is 5.73 Å². The van der Waals surface area contributed by atoms with Crippen LogP contribution in [0.4, 0.5) is 0 Å². The molecule has 0 bridgehead atoms. The van der Waals surface area contributed by atoms with Crippen molar-refractivity contribution < 1.29 is 5.11 Å². The molecule has 3 N–H and O–H groups in total. The number of aliphatic hydroxyl groups excluding tert-OH is 1. The van der Waals surface area contributed by atoms with Gasteiger partial charge in [-0.1, -0.05) is 6.42 Å². The largest absolute Gasteiger partial charge is 0.396 e. The molecule has 2 rings (SSSR count). The third-order valence-corrected chi connectivity index (χ3v) is 4.39. The van der Waals surface area contributed by atoms with Gasteiger partial charge in [0.05, 0.1) is 0 Å². The van der Waals surface area contributed by atoms with Crippen LogP contribution in [0.15, 0.2) is 16.8 Å². The predicted octanol–water partition coefficient (Wildman–Crippen LogP) is 1.98. The lowest BCUT2D eigenvalue weighted by molar-refractivity contribution is 0.0784. The molecule has 1 aliphatic heterocycles. The highest BCUT2D eigenvalue weighted by molar-refractivity contribution is 7.07. The van der Waals surface area contributed by atoms with Crippen LogP contribution in [0.1, 0.15) is 37.3 Å². The Morgan fingerprint density at radius 1 is 1.53 bits per heavy atom. The van der Waals surface area contributed by atoms with Crippen molar-refractivity contribution in [1.82, 2.24) is 4.90 Å². The fourth-order valence-corrected chi connectivity index (χ4v) is 3.53. The zero-order chi connectivity index (χ0) is 12.1. The molecule has 1 aliphatic rings. The summed E-state index contributed by atoms with van der Waals surface area (Å²) in [6.07, 6.45) is 4.60. The third kappa shape index (κ3) is 3.07. The Kier molecular flexibility index (Phi) is 4.98. The Bertz CT molecular complexity index is 313. The summed E-state index contributed by atoms with van der Waals surface area (Å²) < 4.78 is 0. The number of nitrogens with zero attached hydrogens (tertiary/aromatic N) is 1. The lowest BCUT2D eigenvalue weighted by atomic mass is 9.95. The van der Waals surface area contributed by atoms with E-state index in [2.05, 4.69) is 21.7 Å². The minimum atomic E-state index is 0.280. The molecule has 0 aliphatic carbocycles. The van der Waals surface area contributed by atoms with Gasteiger partial charge in [0.1, 0.15) is 0 Å². The number of nitrogens with two attached hydrogens (primary N) is 1. The van der Waals surface area contributed by atoms with Crippen LogP contribution in [-0.4, -0.2) is 35.7 Å². The van der Waals surface area contributed by atoms with E-state index < -0.39 is 0 Å². The molecule has 1 saturated heterocycles. The molecule has 2 unspecified atom stereocenters. The molecule has 96 valence electrons. The van der Waals surface area contributed by atoms with Crippen molar-refractivity contribution in [2.45, 2.75) is 37.8 Å². The average molecular weight is 254 g/mol. The van der Waals surface area contributed by atoms with Crippen LogP contribution in [0.25, 0.3) is 0 Å². The van der Waals surface area contributed by atoms with E-state index >= 15 is 0 Å². The molecule has 2 atom stereocenters. The monoisotopic (exact) mass is 254 g/mol. The van der Waals surface area contributed by atoms with Crippen molar-refractivity contribution in [1.29, 1.82) is 0 Å². The first-order valence-electron chi connectivity index (χ1n) is 6.45. The molecule has 4 heteroatoms. The lowest BCUT2D eigenvalue weighted by Crippen LogP contribution is -2.44. The molecular formula is C13H22N2OS. The van der Waals surface area contributed by atoms with E-state index in [0.29, 0.717) is 18.6 Å². The SMILES string of the molecule is NCC(c1ccsc1)N1CCCCC1CCO. The number of piperidine rings is 1. The smallest absolute Gasteiger partial charge is 0.0481 e. The summed E-state index contributed by atoms with van der Waals surface area (Å²) >= 11 is 1.73. The second kappa shape index (κ2) is 6.50. The first-order valence-corrected chi connectivity index (χ1v) is 7.40. The van der Waals surface area contributed by atoms with Crippen LogP contribution in [0.2, 0.25) is 0 Å². The van der Waals surface area contributed by atoms with Gasteiger partial charge in [0.15, 0.2) is 0 Å². The van der Waals surface area contributed by atoms with Gasteiger partial charge in [0.25, 0.3) is 0 Å². The third-order valence-electron chi connectivity index (χ3n) is 3.69. The summed E-state index contributed by atoms with van der Waals surface area (Å²) in [5, 5.41) is 13.5. The molecule has 17 heavy (non-hydrogen) atoms. The van der Waals surface area contributed by atoms with Crippen molar-refractivity contribution >= 4 is 11.3 Å². The van der Waals surface area contributed by atoms with Gasteiger partial charge in [0, 0.05) is 25.2 Å². The number of likely N-dealkylation sites (tertiary alicyclic amines) is 1. The maximum atomic E-state index is 9.17. The normalized spacial score (nSPS) is 23.8. The molecule has 1 aromatic heterocycles. The van der Waals surface area contributed by atoms with Crippen molar-refractivity contribution in [3.63, 3.8) is 0 Å². The van der Waals surface area contributed by atoms with Crippen molar-refractivity contribution in [2.75, 3.05) is 19.7 Å². The van der Waals surface area contributed by atoms with Crippen LogP contribution in [0.3, 0.4) is 0 Å².